The molecule has 0 aliphatic carbocycles. The zero-order valence-electron chi connectivity index (χ0n) is 46.8. The second-order valence-electron chi connectivity index (χ2n) is 23.6. The summed E-state index contributed by atoms with van der Waals surface area (Å²) in [6.45, 7) is 12.6. The maximum Gasteiger partial charge on any atom is 0.408 e. The Morgan fingerprint density at radius 1 is 0.487 bits per heavy atom. The highest BCUT2D eigenvalue weighted by Gasteiger charge is 2.46. The molecule has 0 aromatic heterocycles. The summed E-state index contributed by atoms with van der Waals surface area (Å²) in [5.74, 6) is -0.813. The highest BCUT2D eigenvalue weighted by Crippen LogP contribution is 2.34. The quantitative estimate of drug-likeness (QED) is 0.0696. The van der Waals surface area contributed by atoms with Crippen molar-refractivity contribution in [1.82, 2.24) is 31.1 Å². The molecule has 4 N–H and O–H groups in total. The number of carbonyl (C=O) groups excluding carboxylic acids is 6. The molecule has 4 fully saturated rings. The zero-order chi connectivity index (χ0) is 54.5. The van der Waals surface area contributed by atoms with Gasteiger partial charge in [-0.3, -0.25) is 19.2 Å². The lowest BCUT2D eigenvalue weighted by molar-refractivity contribution is -0.143. The molecule has 6 rings (SSSR count). The molecule has 0 saturated carbocycles. The fourth-order valence-corrected chi connectivity index (χ4v) is 11.3. The van der Waals surface area contributed by atoms with E-state index in [9.17, 15) is 28.8 Å². The standard InChI is InChI=1S/C60H92N6O10/c1-59(2,3)75-57(71)63-47-33-23-21-31-45-35-37-51(65(45)55(47)69)53(67)61-49(43-27-17-15-18-28-43)41-73-39-25-13-11-9-7-8-10-12-14-26-40-74-42-50(44-29-19-16-20-30-44)62-54(68)52-38-36-46-32-22-24-34-48(56(70)66(46)52)64-58(72)76-60(4,5)6/h15-20,27-30,45-52H,7-14,21-26,31-42H2,1-6H3,(H,61,67)(H,62,68)(H,63,71)(H,64,72)/t45-,46-,47?,48?,49+,50+,51-,52-/m0/s1. The average molecular weight is 1060 g/mol. The van der Waals surface area contributed by atoms with Gasteiger partial charge in [-0.15, -0.1) is 0 Å². The van der Waals surface area contributed by atoms with E-state index in [-0.39, 0.29) is 47.8 Å². The summed E-state index contributed by atoms with van der Waals surface area (Å²) in [7, 11) is 0. The van der Waals surface area contributed by atoms with Gasteiger partial charge in [0, 0.05) is 25.3 Å². The fraction of sp³-hybridized carbons (Fsp3) is 0.700. The summed E-state index contributed by atoms with van der Waals surface area (Å²) in [4.78, 5) is 84.9. The number of nitrogens with one attached hydrogen (secondary N) is 4. The third-order valence-corrected chi connectivity index (χ3v) is 15.1. The van der Waals surface area contributed by atoms with Crippen molar-refractivity contribution in [1.29, 1.82) is 0 Å². The summed E-state index contributed by atoms with van der Waals surface area (Å²) in [5.41, 5.74) is 0.525. The number of amides is 6. The van der Waals surface area contributed by atoms with Gasteiger partial charge in [0.15, 0.2) is 0 Å². The normalized spacial score (nSPS) is 22.9. The molecule has 0 radical (unpaired) electrons. The van der Waals surface area contributed by atoms with Gasteiger partial charge < -0.3 is 50.0 Å². The SMILES string of the molecule is CC(C)(C)OC(=O)NC1CCCC[C@H]2CC[C@@H](C(=O)N[C@H](COCCCCCCCCCCCCOC[C@@H](NC(=O)[C@@H]3CC[C@@H]4CCCCC(NC(=O)OC(C)(C)C)C(=O)N43)c3ccccc3)c3ccccc3)N2C1=O. The van der Waals surface area contributed by atoms with Gasteiger partial charge in [-0.25, -0.2) is 9.59 Å². The molecule has 2 unspecified atom stereocenters. The molecule has 6 amide bonds. The molecular weight excluding hydrogens is 965 g/mol. The second kappa shape index (κ2) is 30.1. The monoisotopic (exact) mass is 1060 g/mol. The highest BCUT2D eigenvalue weighted by molar-refractivity contribution is 5.93. The van der Waals surface area contributed by atoms with Gasteiger partial charge in [0.2, 0.25) is 23.6 Å². The summed E-state index contributed by atoms with van der Waals surface area (Å²) in [6, 6.07) is 16.2. The van der Waals surface area contributed by atoms with Crippen LogP contribution in [0.2, 0.25) is 0 Å². The van der Waals surface area contributed by atoms with E-state index in [1.165, 1.54) is 25.7 Å². The first-order chi connectivity index (χ1) is 36.5. The lowest BCUT2D eigenvalue weighted by atomic mass is 9.99. The Hall–Kier alpha value is -5.22. The number of alkyl carbamates (subject to hydrolysis) is 2. The number of hydrogen-bond acceptors (Lipinski definition) is 10. The molecule has 0 spiro atoms. The van der Waals surface area contributed by atoms with Crippen molar-refractivity contribution in [2.45, 2.75) is 242 Å². The number of unbranched alkanes of at least 4 members (excludes halogenated alkanes) is 9. The molecule has 4 aliphatic rings. The van der Waals surface area contributed by atoms with Crippen LogP contribution in [0.3, 0.4) is 0 Å². The maximum absolute atomic E-state index is 14.0. The van der Waals surface area contributed by atoms with Gasteiger partial charge >= 0.3 is 12.2 Å². The van der Waals surface area contributed by atoms with Crippen molar-refractivity contribution in [3.63, 3.8) is 0 Å². The molecule has 0 bridgehead atoms. The van der Waals surface area contributed by atoms with E-state index < -0.39 is 47.6 Å². The van der Waals surface area contributed by atoms with Gasteiger partial charge in [0.05, 0.1) is 25.3 Å². The molecule has 2 aromatic carbocycles. The summed E-state index contributed by atoms with van der Waals surface area (Å²) >= 11 is 0. The van der Waals surface area contributed by atoms with Crippen molar-refractivity contribution in [2.75, 3.05) is 26.4 Å². The molecular formula is C60H92N6O10. The van der Waals surface area contributed by atoms with E-state index in [0.717, 1.165) is 101 Å². The minimum atomic E-state index is -0.737. The third kappa shape index (κ3) is 19.4. The Bertz CT molecular complexity index is 1980. The number of benzene rings is 2. The highest BCUT2D eigenvalue weighted by atomic mass is 16.6. The Morgan fingerprint density at radius 3 is 1.18 bits per heavy atom. The van der Waals surface area contributed by atoms with Crippen LogP contribution in [0.5, 0.6) is 0 Å². The molecule has 2 aromatic rings. The zero-order valence-corrected chi connectivity index (χ0v) is 46.8. The predicted octanol–water partition coefficient (Wildman–Crippen LogP) is 10.3. The largest absolute Gasteiger partial charge is 0.444 e. The Balaban J connectivity index is 0.844. The first-order valence-electron chi connectivity index (χ1n) is 29.0. The smallest absolute Gasteiger partial charge is 0.408 e. The predicted molar refractivity (Wildman–Crippen MR) is 293 cm³/mol. The third-order valence-electron chi connectivity index (χ3n) is 15.1. The van der Waals surface area contributed by atoms with Gasteiger partial charge in [-0.2, -0.15) is 0 Å². The lowest BCUT2D eigenvalue weighted by Gasteiger charge is -2.36. The van der Waals surface area contributed by atoms with Crippen LogP contribution in [0.25, 0.3) is 0 Å². The first kappa shape index (κ1) is 60.0. The number of rotatable bonds is 25. The van der Waals surface area contributed by atoms with Crippen molar-refractivity contribution in [2.24, 2.45) is 0 Å². The number of nitrogens with zero attached hydrogens (tertiary/aromatic N) is 2. The van der Waals surface area contributed by atoms with Crippen LogP contribution >= 0.6 is 0 Å². The van der Waals surface area contributed by atoms with Crippen molar-refractivity contribution < 1.29 is 47.7 Å². The van der Waals surface area contributed by atoms with Gasteiger partial charge in [-0.1, -0.05) is 138 Å². The Labute approximate surface area is 453 Å². The Kier molecular flexibility index (Phi) is 23.7. The Morgan fingerprint density at radius 2 is 0.829 bits per heavy atom. The van der Waals surface area contributed by atoms with E-state index in [1.807, 2.05) is 60.7 Å². The molecule has 4 aliphatic heterocycles. The van der Waals surface area contributed by atoms with Crippen molar-refractivity contribution >= 4 is 35.8 Å². The first-order valence-corrected chi connectivity index (χ1v) is 29.0. The molecule has 16 heteroatoms. The lowest BCUT2D eigenvalue weighted by Crippen LogP contribution is -2.57. The number of carbonyl (C=O) groups is 6. The minimum absolute atomic E-state index is 0.0368. The van der Waals surface area contributed by atoms with E-state index >= 15 is 0 Å². The number of fused-ring (bicyclic) bond motifs is 2. The van der Waals surface area contributed by atoms with Crippen LogP contribution in [0.1, 0.15) is 206 Å². The second-order valence-corrected chi connectivity index (χ2v) is 23.6. The van der Waals surface area contributed by atoms with Crippen LogP contribution in [0.4, 0.5) is 9.59 Å². The van der Waals surface area contributed by atoms with Crippen molar-refractivity contribution in [3.8, 4) is 0 Å². The van der Waals surface area contributed by atoms with Gasteiger partial charge in [0.1, 0.15) is 35.4 Å². The molecule has 16 nitrogen and oxygen atoms in total. The van der Waals surface area contributed by atoms with Gasteiger partial charge in [0.25, 0.3) is 0 Å². The fourth-order valence-electron chi connectivity index (χ4n) is 11.3. The molecule has 4 heterocycles. The van der Waals surface area contributed by atoms with Crippen LogP contribution < -0.4 is 21.3 Å². The van der Waals surface area contributed by atoms with E-state index in [0.29, 0.717) is 52.1 Å². The van der Waals surface area contributed by atoms with Crippen LogP contribution in [-0.4, -0.2) is 119 Å². The average Bonchev–Trinajstić information content (AvgIpc) is 4.00. The molecule has 76 heavy (non-hydrogen) atoms. The maximum atomic E-state index is 14.0. The topological polar surface area (TPSA) is 194 Å². The van der Waals surface area contributed by atoms with E-state index in [2.05, 4.69) is 21.3 Å². The number of hydrogen-bond donors (Lipinski definition) is 4. The van der Waals surface area contributed by atoms with Crippen LogP contribution in [0.15, 0.2) is 60.7 Å². The summed E-state index contributed by atoms with van der Waals surface area (Å²) in [5, 5.41) is 12.1. The van der Waals surface area contributed by atoms with Crippen LogP contribution in [-0.2, 0) is 38.1 Å². The number of ether oxygens (including phenoxy) is 4. The van der Waals surface area contributed by atoms with E-state index in [4.69, 9.17) is 18.9 Å². The molecule has 422 valence electrons. The summed E-state index contributed by atoms with van der Waals surface area (Å²) < 4.78 is 23.3. The summed E-state index contributed by atoms with van der Waals surface area (Å²) in [6.07, 6.45) is 18.7. The van der Waals surface area contributed by atoms with Crippen LogP contribution in [0, 0.1) is 0 Å². The van der Waals surface area contributed by atoms with Gasteiger partial charge in [-0.05, 0) is 117 Å². The van der Waals surface area contributed by atoms with Crippen molar-refractivity contribution in [3.05, 3.63) is 71.8 Å². The van der Waals surface area contributed by atoms with E-state index in [1.54, 1.807) is 51.3 Å². The molecule has 8 atom stereocenters. The minimum Gasteiger partial charge on any atom is -0.444 e. The molecule has 4 saturated heterocycles.